The average molecular weight is 631 g/mol. The number of ether oxygens (including phenoxy) is 3. The van der Waals surface area contributed by atoms with Gasteiger partial charge in [-0.2, -0.15) is 0 Å². The molecule has 0 unspecified atom stereocenters. The Kier molecular flexibility index (Phi) is 10.3. The number of aryl methyl sites for hydroxylation is 3. The number of amides is 1. The van der Waals surface area contributed by atoms with E-state index in [1.54, 1.807) is 17.0 Å². The van der Waals surface area contributed by atoms with Crippen LogP contribution in [0.4, 0.5) is 10.1 Å². The molecule has 3 atom stereocenters. The summed E-state index contributed by atoms with van der Waals surface area (Å²) >= 11 is 0. The number of benzene rings is 3. The largest absolute Gasteiger partial charge is 0.494 e. The minimum absolute atomic E-state index is 0.0709. The summed E-state index contributed by atoms with van der Waals surface area (Å²) in [6.07, 6.45) is 6.02. The molecule has 3 aromatic rings. The first-order chi connectivity index (χ1) is 22.2. The third-order valence-corrected chi connectivity index (χ3v) is 8.76. The van der Waals surface area contributed by atoms with Crippen molar-refractivity contribution >= 4 is 23.6 Å². The first kappa shape index (κ1) is 33.0. The summed E-state index contributed by atoms with van der Waals surface area (Å²) in [6.45, 7) is 10.6. The number of fused-ring (bicyclic) bond motifs is 1. The van der Waals surface area contributed by atoms with Crippen molar-refractivity contribution in [2.24, 2.45) is 5.92 Å². The molecule has 0 radical (unpaired) electrons. The van der Waals surface area contributed by atoms with Gasteiger partial charge in [0.2, 0.25) is 12.7 Å². The van der Waals surface area contributed by atoms with Crippen molar-refractivity contribution in [3.05, 3.63) is 87.7 Å². The number of allylic oxidation sites excluding steroid dienone is 1. The second-order valence-corrected chi connectivity index (χ2v) is 11.9. The number of nitrogens with zero attached hydrogens (tertiary/aromatic N) is 1. The number of carboxylic acid groups (broad SMARTS) is 1. The van der Waals surface area contributed by atoms with Gasteiger partial charge in [-0.25, -0.2) is 4.39 Å². The normalized spacial score (nSPS) is 19.1. The molecule has 9 heteroatoms. The Morgan fingerprint density at radius 3 is 2.46 bits per heavy atom. The first-order valence-corrected chi connectivity index (χ1v) is 16.1. The highest BCUT2D eigenvalue weighted by atomic mass is 19.1. The molecule has 0 aromatic heterocycles. The van der Waals surface area contributed by atoms with Crippen LogP contribution in [0.15, 0.2) is 48.5 Å². The van der Waals surface area contributed by atoms with Crippen molar-refractivity contribution in [1.29, 1.82) is 0 Å². The molecule has 2 aliphatic rings. The number of aliphatic carboxylic acids is 1. The van der Waals surface area contributed by atoms with Crippen molar-refractivity contribution < 1.29 is 33.3 Å². The van der Waals surface area contributed by atoms with Crippen LogP contribution in [-0.4, -0.2) is 48.4 Å². The number of carbonyl (C=O) groups is 2. The van der Waals surface area contributed by atoms with Crippen molar-refractivity contribution in [2.45, 2.75) is 65.8 Å². The number of hydrogen-bond acceptors (Lipinski definition) is 6. The van der Waals surface area contributed by atoms with E-state index in [0.717, 1.165) is 52.8 Å². The molecule has 244 valence electrons. The third-order valence-electron chi connectivity index (χ3n) is 8.76. The molecule has 2 aliphatic heterocycles. The minimum atomic E-state index is -1.08. The second kappa shape index (κ2) is 14.4. The van der Waals surface area contributed by atoms with E-state index in [4.69, 9.17) is 14.2 Å². The van der Waals surface area contributed by atoms with E-state index < -0.39 is 29.7 Å². The molecule has 3 aromatic carbocycles. The van der Waals surface area contributed by atoms with Gasteiger partial charge >= 0.3 is 5.97 Å². The predicted octanol–water partition coefficient (Wildman–Crippen LogP) is 7.29. The quantitative estimate of drug-likeness (QED) is 0.217. The van der Waals surface area contributed by atoms with Crippen LogP contribution < -0.4 is 19.5 Å². The molecular weight excluding hydrogens is 587 g/mol. The minimum Gasteiger partial charge on any atom is -0.494 e. The maximum atomic E-state index is 15.9. The fourth-order valence-corrected chi connectivity index (χ4v) is 6.76. The Morgan fingerprint density at radius 1 is 1.09 bits per heavy atom. The topological polar surface area (TPSA) is 97.3 Å². The van der Waals surface area contributed by atoms with Gasteiger partial charge in [0.25, 0.3) is 0 Å². The molecule has 1 fully saturated rings. The number of carbonyl (C=O) groups excluding carboxylic acids is 1. The molecule has 0 saturated carbocycles. The van der Waals surface area contributed by atoms with Gasteiger partial charge in [0.05, 0.1) is 25.1 Å². The molecule has 5 rings (SSSR count). The summed E-state index contributed by atoms with van der Waals surface area (Å²) in [5.74, 6) is -2.05. The van der Waals surface area contributed by atoms with Gasteiger partial charge in [0, 0.05) is 35.3 Å². The maximum Gasteiger partial charge on any atom is 0.309 e. The number of halogens is 1. The fourth-order valence-electron chi connectivity index (χ4n) is 6.76. The molecule has 46 heavy (non-hydrogen) atoms. The second-order valence-electron chi connectivity index (χ2n) is 11.9. The Balaban J connectivity index is 1.55. The highest BCUT2D eigenvalue weighted by Gasteiger charge is 2.49. The molecule has 2 heterocycles. The van der Waals surface area contributed by atoms with Gasteiger partial charge in [-0.05, 0) is 68.0 Å². The van der Waals surface area contributed by atoms with Crippen molar-refractivity contribution in [2.75, 3.05) is 31.8 Å². The van der Waals surface area contributed by atoms with Crippen LogP contribution in [-0.2, 0) is 22.4 Å². The number of rotatable bonds is 12. The van der Waals surface area contributed by atoms with Crippen LogP contribution in [0.25, 0.3) is 6.08 Å². The summed E-state index contributed by atoms with van der Waals surface area (Å²) in [4.78, 5) is 28.7. The van der Waals surface area contributed by atoms with Gasteiger partial charge in [0.15, 0.2) is 11.5 Å². The van der Waals surface area contributed by atoms with Crippen molar-refractivity contribution in [3.8, 4) is 17.2 Å². The van der Waals surface area contributed by atoms with Crippen LogP contribution in [0.1, 0.15) is 79.5 Å². The summed E-state index contributed by atoms with van der Waals surface area (Å²) in [5, 5.41) is 13.8. The Morgan fingerprint density at radius 2 is 1.83 bits per heavy atom. The zero-order chi connectivity index (χ0) is 33.0. The van der Waals surface area contributed by atoms with Crippen molar-refractivity contribution in [3.63, 3.8) is 0 Å². The zero-order valence-electron chi connectivity index (χ0n) is 27.2. The highest BCUT2D eigenvalue weighted by Crippen LogP contribution is 2.49. The molecular formula is C37H43FN2O6. The van der Waals surface area contributed by atoms with Crippen LogP contribution in [0.5, 0.6) is 17.2 Å². The lowest BCUT2D eigenvalue weighted by Crippen LogP contribution is -2.36. The van der Waals surface area contributed by atoms with E-state index in [0.29, 0.717) is 23.9 Å². The third kappa shape index (κ3) is 6.75. The number of hydrogen-bond donors (Lipinski definition) is 2. The summed E-state index contributed by atoms with van der Waals surface area (Å²) < 4.78 is 32.9. The maximum absolute atomic E-state index is 15.9. The molecule has 1 saturated heterocycles. The molecule has 0 aliphatic carbocycles. The van der Waals surface area contributed by atoms with Gasteiger partial charge in [0.1, 0.15) is 11.6 Å². The van der Waals surface area contributed by atoms with Gasteiger partial charge in [-0.1, -0.05) is 56.7 Å². The summed E-state index contributed by atoms with van der Waals surface area (Å²) in [6, 6.07) is 11.5. The number of carboxylic acids is 1. The lowest BCUT2D eigenvalue weighted by Gasteiger charge is -2.27. The van der Waals surface area contributed by atoms with E-state index in [9.17, 15) is 14.7 Å². The van der Waals surface area contributed by atoms with Crippen LogP contribution >= 0.6 is 0 Å². The number of anilines is 1. The van der Waals surface area contributed by atoms with E-state index in [-0.39, 0.29) is 31.4 Å². The Bertz CT molecular complexity index is 1610. The smallest absolute Gasteiger partial charge is 0.309 e. The fraction of sp³-hybridized carbons (Fsp3) is 0.405. The Hall–Kier alpha value is -4.37. The van der Waals surface area contributed by atoms with Gasteiger partial charge in [-0.3, -0.25) is 14.5 Å². The lowest BCUT2D eigenvalue weighted by molar-refractivity contribution is -0.143. The molecule has 8 nitrogen and oxygen atoms in total. The van der Waals surface area contributed by atoms with E-state index in [2.05, 4.69) is 17.4 Å². The SMILES string of the molecule is C/C=C/c1cc([C@H]2CN(CC(=O)Nc3c(CC)cc(C)cc3CC)[C@@H](c3ccc(OCCC)cc3F)[C@@H]2C(=O)O)cc2c1OCO2. The van der Waals surface area contributed by atoms with E-state index in [1.165, 1.54) is 6.07 Å². The Labute approximate surface area is 270 Å². The highest BCUT2D eigenvalue weighted by molar-refractivity contribution is 5.94. The van der Waals surface area contributed by atoms with Crippen LogP contribution in [0.3, 0.4) is 0 Å². The molecule has 0 bridgehead atoms. The summed E-state index contributed by atoms with van der Waals surface area (Å²) in [7, 11) is 0. The lowest BCUT2D eigenvalue weighted by atomic mass is 9.82. The predicted molar refractivity (Wildman–Crippen MR) is 176 cm³/mol. The van der Waals surface area contributed by atoms with Gasteiger partial charge < -0.3 is 24.6 Å². The zero-order valence-corrected chi connectivity index (χ0v) is 27.2. The number of likely N-dealkylation sites (tertiary alicyclic amines) is 1. The average Bonchev–Trinajstić information content (AvgIpc) is 3.66. The number of nitrogens with one attached hydrogen (secondary N) is 1. The standard InChI is InChI=1S/C37H43FN2O6/c1-6-10-25-16-26(17-31-36(25)46-21-45-31)29-19-40(20-32(41)39-34-23(8-3)14-22(5)15-24(34)9-4)35(33(29)37(42)43)28-12-11-27(18-30(28)38)44-13-7-2/h6,10-12,14-18,29,33,35H,7-9,13,19-21H2,1-5H3,(H,39,41)(H,42,43)/b10-6+/t29-,33-,35+/m1/s1. The van der Waals surface area contributed by atoms with Crippen LogP contribution in [0.2, 0.25) is 0 Å². The molecule has 0 spiro atoms. The van der Waals surface area contributed by atoms with Gasteiger partial charge in [-0.15, -0.1) is 0 Å². The summed E-state index contributed by atoms with van der Waals surface area (Å²) in [5.41, 5.74) is 5.69. The van der Waals surface area contributed by atoms with E-state index >= 15 is 4.39 Å². The molecule has 1 amide bonds. The molecule has 2 N–H and O–H groups in total. The van der Waals surface area contributed by atoms with Crippen molar-refractivity contribution in [1.82, 2.24) is 4.90 Å². The van der Waals surface area contributed by atoms with Crippen LogP contribution in [0, 0.1) is 18.7 Å². The monoisotopic (exact) mass is 630 g/mol. The first-order valence-electron chi connectivity index (χ1n) is 16.1. The van der Waals surface area contributed by atoms with E-state index in [1.807, 2.05) is 58.9 Å².